The lowest BCUT2D eigenvalue weighted by Crippen LogP contribution is -2.14. The molecule has 0 unspecified atom stereocenters. The average Bonchev–Trinajstić information content (AvgIpc) is 3.26. The molecule has 1 amide bonds. The summed E-state index contributed by atoms with van der Waals surface area (Å²) in [5, 5.41) is 12.5. The molecular formula is C22H24N6O2. The number of anilines is 1. The number of nitrogens with zero attached hydrogens (tertiary/aromatic N) is 5. The minimum Gasteiger partial charge on any atom is -0.497 e. The number of ether oxygens (including phenoxy) is 1. The lowest BCUT2D eigenvalue weighted by molar-refractivity contribution is 0.102. The summed E-state index contributed by atoms with van der Waals surface area (Å²) in [4.78, 5) is 18.1. The first-order valence-electron chi connectivity index (χ1n) is 9.75. The van der Waals surface area contributed by atoms with E-state index in [4.69, 9.17) is 9.72 Å². The van der Waals surface area contributed by atoms with Gasteiger partial charge in [-0.05, 0) is 51.1 Å². The van der Waals surface area contributed by atoms with E-state index in [9.17, 15) is 4.79 Å². The number of carbonyl (C=O) groups excluding carboxylic acids is 1. The third kappa shape index (κ3) is 3.30. The van der Waals surface area contributed by atoms with E-state index in [1.54, 1.807) is 18.0 Å². The second kappa shape index (κ2) is 7.62. The van der Waals surface area contributed by atoms with E-state index in [1.165, 1.54) is 0 Å². The van der Waals surface area contributed by atoms with Crippen LogP contribution in [-0.4, -0.2) is 37.6 Å². The van der Waals surface area contributed by atoms with Crippen molar-refractivity contribution in [1.29, 1.82) is 0 Å². The smallest absolute Gasteiger partial charge is 0.256 e. The summed E-state index contributed by atoms with van der Waals surface area (Å²) in [6.45, 7) is 6.57. The van der Waals surface area contributed by atoms with Gasteiger partial charge in [-0.2, -0.15) is 10.2 Å². The van der Waals surface area contributed by atoms with Crippen molar-refractivity contribution in [2.24, 2.45) is 7.05 Å². The standard InChI is InChI=1S/C22H24N6O2/c1-6-28-14(3)19(12-23-28)25-22(29)17-11-18(15-7-9-16(30-5)10-8-15)24-21-20(17)13(2)26-27(21)4/h7-12H,6H2,1-5H3,(H,25,29). The van der Waals surface area contributed by atoms with Crippen molar-refractivity contribution in [1.82, 2.24) is 24.5 Å². The van der Waals surface area contributed by atoms with Crippen molar-refractivity contribution >= 4 is 22.6 Å². The van der Waals surface area contributed by atoms with Crippen molar-refractivity contribution in [3.8, 4) is 17.0 Å². The number of nitrogens with one attached hydrogen (secondary N) is 1. The van der Waals surface area contributed by atoms with Crippen LogP contribution in [0, 0.1) is 13.8 Å². The number of carbonyl (C=O) groups is 1. The van der Waals surface area contributed by atoms with Crippen LogP contribution in [0.15, 0.2) is 36.5 Å². The van der Waals surface area contributed by atoms with Gasteiger partial charge in [0.1, 0.15) is 5.75 Å². The Bertz CT molecular complexity index is 1240. The number of amides is 1. The zero-order valence-electron chi connectivity index (χ0n) is 17.7. The fourth-order valence-electron chi connectivity index (χ4n) is 3.61. The summed E-state index contributed by atoms with van der Waals surface area (Å²) in [5.41, 5.74) is 5.13. The second-order valence-electron chi connectivity index (χ2n) is 7.10. The zero-order valence-corrected chi connectivity index (χ0v) is 17.7. The largest absolute Gasteiger partial charge is 0.497 e. The van der Waals surface area contributed by atoms with Gasteiger partial charge in [-0.1, -0.05) is 0 Å². The molecule has 3 aromatic heterocycles. The molecule has 0 bridgehead atoms. The normalized spacial score (nSPS) is 11.1. The Kier molecular flexibility index (Phi) is 4.99. The van der Waals surface area contributed by atoms with E-state index < -0.39 is 0 Å². The van der Waals surface area contributed by atoms with Gasteiger partial charge in [0, 0.05) is 19.2 Å². The number of pyridine rings is 1. The highest BCUT2D eigenvalue weighted by molar-refractivity contribution is 6.13. The van der Waals surface area contributed by atoms with E-state index in [2.05, 4.69) is 15.5 Å². The Labute approximate surface area is 174 Å². The predicted octanol–water partition coefficient (Wildman–Crippen LogP) is 3.73. The van der Waals surface area contributed by atoms with Gasteiger partial charge >= 0.3 is 0 Å². The molecular weight excluding hydrogens is 380 g/mol. The van der Waals surface area contributed by atoms with Crippen LogP contribution in [0.25, 0.3) is 22.3 Å². The Morgan fingerprint density at radius 2 is 1.93 bits per heavy atom. The molecule has 1 aromatic carbocycles. The van der Waals surface area contributed by atoms with Crippen LogP contribution in [0.3, 0.4) is 0 Å². The van der Waals surface area contributed by atoms with Gasteiger partial charge < -0.3 is 10.1 Å². The Hall–Kier alpha value is -3.68. The summed E-state index contributed by atoms with van der Waals surface area (Å²) in [6.07, 6.45) is 1.68. The first-order chi connectivity index (χ1) is 14.4. The van der Waals surface area contributed by atoms with E-state index in [1.807, 2.05) is 62.8 Å². The molecule has 3 heterocycles. The number of methoxy groups -OCH3 is 1. The van der Waals surface area contributed by atoms with Crippen LogP contribution >= 0.6 is 0 Å². The summed E-state index contributed by atoms with van der Waals surface area (Å²) in [6, 6.07) is 9.41. The number of aromatic nitrogens is 5. The summed E-state index contributed by atoms with van der Waals surface area (Å²) < 4.78 is 8.79. The fourth-order valence-corrected chi connectivity index (χ4v) is 3.61. The van der Waals surface area contributed by atoms with Crippen molar-refractivity contribution in [2.75, 3.05) is 12.4 Å². The number of hydrogen-bond acceptors (Lipinski definition) is 5. The molecule has 4 rings (SSSR count). The van der Waals surface area contributed by atoms with Gasteiger partial charge in [0.15, 0.2) is 5.65 Å². The molecule has 0 radical (unpaired) electrons. The molecule has 0 saturated carbocycles. The van der Waals surface area contributed by atoms with Gasteiger partial charge in [0.2, 0.25) is 0 Å². The molecule has 4 aromatic rings. The molecule has 0 spiro atoms. The number of rotatable bonds is 5. The van der Waals surface area contributed by atoms with E-state index in [0.717, 1.165) is 34.6 Å². The van der Waals surface area contributed by atoms with E-state index >= 15 is 0 Å². The summed E-state index contributed by atoms with van der Waals surface area (Å²) in [5.74, 6) is 0.546. The lowest BCUT2D eigenvalue weighted by Gasteiger charge is -2.10. The predicted molar refractivity (Wildman–Crippen MR) is 116 cm³/mol. The monoisotopic (exact) mass is 404 g/mol. The highest BCUT2D eigenvalue weighted by Crippen LogP contribution is 2.28. The molecule has 0 fully saturated rings. The summed E-state index contributed by atoms with van der Waals surface area (Å²) in [7, 11) is 3.46. The third-order valence-corrected chi connectivity index (χ3v) is 5.25. The van der Waals surface area contributed by atoms with Crippen LogP contribution in [0.1, 0.15) is 28.7 Å². The molecule has 0 saturated heterocycles. The second-order valence-corrected chi connectivity index (χ2v) is 7.10. The van der Waals surface area contributed by atoms with Gasteiger partial charge in [0.05, 0.1) is 47.0 Å². The van der Waals surface area contributed by atoms with Gasteiger partial charge in [0.25, 0.3) is 5.91 Å². The molecule has 8 nitrogen and oxygen atoms in total. The molecule has 0 aliphatic rings. The van der Waals surface area contributed by atoms with E-state index in [-0.39, 0.29) is 5.91 Å². The van der Waals surface area contributed by atoms with Crippen LogP contribution in [0.2, 0.25) is 0 Å². The topological polar surface area (TPSA) is 86.9 Å². The molecule has 0 aliphatic heterocycles. The molecule has 1 N–H and O–H groups in total. The van der Waals surface area contributed by atoms with Gasteiger partial charge in [-0.3, -0.25) is 14.2 Å². The third-order valence-electron chi connectivity index (χ3n) is 5.25. The molecule has 30 heavy (non-hydrogen) atoms. The summed E-state index contributed by atoms with van der Waals surface area (Å²) >= 11 is 0. The average molecular weight is 404 g/mol. The Balaban J connectivity index is 1.82. The minimum atomic E-state index is -0.216. The van der Waals surface area contributed by atoms with Crippen LogP contribution in [0.4, 0.5) is 5.69 Å². The molecule has 0 atom stereocenters. The maximum Gasteiger partial charge on any atom is 0.256 e. The quantitative estimate of drug-likeness (QED) is 0.548. The maximum atomic E-state index is 13.3. The lowest BCUT2D eigenvalue weighted by atomic mass is 10.0. The van der Waals surface area contributed by atoms with Crippen molar-refractivity contribution in [2.45, 2.75) is 27.3 Å². The maximum absolute atomic E-state index is 13.3. The molecule has 154 valence electrons. The Morgan fingerprint density at radius 3 is 2.57 bits per heavy atom. The van der Waals surface area contributed by atoms with E-state index in [0.29, 0.717) is 22.6 Å². The first-order valence-corrected chi connectivity index (χ1v) is 9.75. The van der Waals surface area contributed by atoms with Crippen molar-refractivity contribution in [3.05, 3.63) is 53.5 Å². The molecule has 0 aliphatic carbocycles. The Morgan fingerprint density at radius 1 is 1.20 bits per heavy atom. The van der Waals surface area contributed by atoms with Gasteiger partial charge in [-0.15, -0.1) is 0 Å². The number of fused-ring (bicyclic) bond motifs is 1. The minimum absolute atomic E-state index is 0.216. The van der Waals surface area contributed by atoms with Crippen LogP contribution in [0.5, 0.6) is 5.75 Å². The van der Waals surface area contributed by atoms with Crippen molar-refractivity contribution < 1.29 is 9.53 Å². The highest BCUT2D eigenvalue weighted by Gasteiger charge is 2.20. The van der Waals surface area contributed by atoms with Gasteiger partial charge in [-0.25, -0.2) is 4.98 Å². The first kappa shape index (κ1) is 19.6. The number of benzene rings is 1. The van der Waals surface area contributed by atoms with Crippen LogP contribution < -0.4 is 10.1 Å². The number of aryl methyl sites for hydroxylation is 3. The number of hydrogen-bond donors (Lipinski definition) is 1. The van der Waals surface area contributed by atoms with Crippen molar-refractivity contribution in [3.63, 3.8) is 0 Å². The SMILES string of the molecule is CCn1ncc(NC(=O)c2cc(-c3ccc(OC)cc3)nc3c2c(C)nn3C)c1C. The highest BCUT2D eigenvalue weighted by atomic mass is 16.5. The molecule has 8 heteroatoms. The zero-order chi connectivity index (χ0) is 21.4. The fraction of sp³-hybridized carbons (Fsp3) is 0.273. The van der Waals surface area contributed by atoms with Crippen LogP contribution in [-0.2, 0) is 13.6 Å².